The van der Waals surface area contributed by atoms with Gasteiger partial charge in [-0.2, -0.15) is 0 Å². The van der Waals surface area contributed by atoms with E-state index in [1.807, 2.05) is 6.07 Å². The molecule has 0 amide bonds. The molecule has 1 aromatic carbocycles. The number of benzene rings is 1. The average Bonchev–Trinajstić information content (AvgIpc) is 2.80. The van der Waals surface area contributed by atoms with Gasteiger partial charge in [-0.05, 0) is 48.9 Å². The Kier molecular flexibility index (Phi) is 1.55. The summed E-state index contributed by atoms with van der Waals surface area (Å²) in [5.74, 6) is -0.121. The summed E-state index contributed by atoms with van der Waals surface area (Å²) in [7, 11) is 0. The fourth-order valence-corrected chi connectivity index (χ4v) is 2.89. The van der Waals surface area contributed by atoms with Gasteiger partial charge in [-0.3, -0.25) is 0 Å². The molecule has 2 aliphatic carbocycles. The van der Waals surface area contributed by atoms with Crippen molar-refractivity contribution < 1.29 is 4.39 Å². The molecule has 2 unspecified atom stereocenters. The molecule has 0 saturated heterocycles. The minimum absolute atomic E-state index is 0.121. The standard InChI is InChI=1S/C12H14FN/c13-9-4-3-8-2-1-5-12(7-11(12)14)10(8)6-9/h3-4,6,11H,1-2,5,7,14H2. The number of halogens is 1. The first-order chi connectivity index (χ1) is 6.72. The first kappa shape index (κ1) is 8.42. The first-order valence-electron chi connectivity index (χ1n) is 5.27. The summed E-state index contributed by atoms with van der Waals surface area (Å²) >= 11 is 0. The molecule has 14 heavy (non-hydrogen) atoms. The third-order valence-corrected chi connectivity index (χ3v) is 3.81. The van der Waals surface area contributed by atoms with Crippen LogP contribution >= 0.6 is 0 Å². The van der Waals surface area contributed by atoms with Gasteiger partial charge in [-0.25, -0.2) is 4.39 Å². The molecule has 2 N–H and O–H groups in total. The van der Waals surface area contributed by atoms with Crippen LogP contribution in [0.15, 0.2) is 18.2 Å². The van der Waals surface area contributed by atoms with E-state index in [0.717, 1.165) is 19.3 Å². The van der Waals surface area contributed by atoms with Crippen LogP contribution in [0.5, 0.6) is 0 Å². The van der Waals surface area contributed by atoms with Crippen LogP contribution in [0.25, 0.3) is 0 Å². The van der Waals surface area contributed by atoms with Crippen molar-refractivity contribution in [3.8, 4) is 0 Å². The molecule has 2 heteroatoms. The Morgan fingerprint density at radius 1 is 1.43 bits per heavy atom. The molecule has 0 heterocycles. The summed E-state index contributed by atoms with van der Waals surface area (Å²) < 4.78 is 13.2. The lowest BCUT2D eigenvalue weighted by Crippen LogP contribution is -2.24. The van der Waals surface area contributed by atoms with E-state index in [9.17, 15) is 4.39 Å². The molecule has 0 aromatic heterocycles. The topological polar surface area (TPSA) is 26.0 Å². The van der Waals surface area contributed by atoms with Crippen molar-refractivity contribution in [2.75, 3.05) is 0 Å². The van der Waals surface area contributed by atoms with Crippen molar-refractivity contribution in [3.63, 3.8) is 0 Å². The smallest absolute Gasteiger partial charge is 0.123 e. The maximum absolute atomic E-state index is 13.2. The number of hydrogen-bond donors (Lipinski definition) is 1. The van der Waals surface area contributed by atoms with E-state index in [1.54, 1.807) is 12.1 Å². The zero-order valence-electron chi connectivity index (χ0n) is 8.09. The van der Waals surface area contributed by atoms with Crippen molar-refractivity contribution >= 4 is 0 Å². The molecule has 1 nitrogen and oxygen atoms in total. The number of rotatable bonds is 0. The van der Waals surface area contributed by atoms with E-state index < -0.39 is 0 Å². The largest absolute Gasteiger partial charge is 0.327 e. The van der Waals surface area contributed by atoms with Crippen molar-refractivity contribution in [2.24, 2.45) is 5.73 Å². The number of fused-ring (bicyclic) bond motifs is 2. The molecule has 3 rings (SSSR count). The molecule has 0 bridgehead atoms. The maximum Gasteiger partial charge on any atom is 0.123 e. The fourth-order valence-electron chi connectivity index (χ4n) is 2.89. The zero-order valence-corrected chi connectivity index (χ0v) is 8.09. The molecular weight excluding hydrogens is 177 g/mol. The molecule has 2 aliphatic rings. The second-order valence-corrected chi connectivity index (χ2v) is 4.62. The van der Waals surface area contributed by atoms with Crippen molar-refractivity contribution in [3.05, 3.63) is 35.1 Å². The molecular formula is C12H14FN. The van der Waals surface area contributed by atoms with Gasteiger partial charge in [0.15, 0.2) is 0 Å². The normalized spacial score (nSPS) is 34.3. The van der Waals surface area contributed by atoms with Crippen LogP contribution in [0, 0.1) is 5.82 Å². The molecule has 1 fully saturated rings. The van der Waals surface area contributed by atoms with Gasteiger partial charge >= 0.3 is 0 Å². The summed E-state index contributed by atoms with van der Waals surface area (Å²) in [4.78, 5) is 0. The van der Waals surface area contributed by atoms with E-state index in [1.165, 1.54) is 17.5 Å². The molecule has 74 valence electrons. The van der Waals surface area contributed by atoms with Crippen LogP contribution in [0.4, 0.5) is 4.39 Å². The van der Waals surface area contributed by atoms with Gasteiger partial charge in [0, 0.05) is 11.5 Å². The van der Waals surface area contributed by atoms with Crippen LogP contribution in [-0.4, -0.2) is 6.04 Å². The van der Waals surface area contributed by atoms with Crippen LogP contribution in [-0.2, 0) is 11.8 Å². The van der Waals surface area contributed by atoms with Crippen molar-refractivity contribution in [2.45, 2.75) is 37.1 Å². The molecule has 1 aromatic rings. The van der Waals surface area contributed by atoms with Gasteiger partial charge < -0.3 is 5.73 Å². The van der Waals surface area contributed by atoms with Gasteiger partial charge in [0.2, 0.25) is 0 Å². The molecule has 2 atom stereocenters. The number of nitrogens with two attached hydrogens (primary N) is 1. The molecule has 0 radical (unpaired) electrons. The van der Waals surface area contributed by atoms with E-state index in [2.05, 4.69) is 0 Å². The van der Waals surface area contributed by atoms with Gasteiger partial charge in [-0.1, -0.05) is 6.07 Å². The third-order valence-electron chi connectivity index (χ3n) is 3.81. The van der Waals surface area contributed by atoms with E-state index in [-0.39, 0.29) is 17.3 Å². The predicted molar refractivity (Wildman–Crippen MR) is 53.6 cm³/mol. The summed E-state index contributed by atoms with van der Waals surface area (Å²) in [5, 5.41) is 0. The maximum atomic E-state index is 13.2. The Balaban J connectivity index is 2.14. The highest BCUT2D eigenvalue weighted by molar-refractivity contribution is 5.44. The van der Waals surface area contributed by atoms with Gasteiger partial charge in [0.1, 0.15) is 5.82 Å². The Morgan fingerprint density at radius 3 is 2.93 bits per heavy atom. The third kappa shape index (κ3) is 0.976. The minimum atomic E-state index is -0.121. The number of aryl methyl sites for hydroxylation is 1. The fraction of sp³-hybridized carbons (Fsp3) is 0.500. The monoisotopic (exact) mass is 191 g/mol. The van der Waals surface area contributed by atoms with Crippen LogP contribution in [0.3, 0.4) is 0 Å². The Hall–Kier alpha value is -0.890. The average molecular weight is 191 g/mol. The van der Waals surface area contributed by atoms with Gasteiger partial charge in [-0.15, -0.1) is 0 Å². The highest BCUT2D eigenvalue weighted by atomic mass is 19.1. The summed E-state index contributed by atoms with van der Waals surface area (Å²) in [5.41, 5.74) is 8.62. The first-order valence-corrected chi connectivity index (χ1v) is 5.27. The summed E-state index contributed by atoms with van der Waals surface area (Å²) in [6.45, 7) is 0. The lowest BCUT2D eigenvalue weighted by Gasteiger charge is -2.25. The second kappa shape index (κ2) is 2.57. The van der Waals surface area contributed by atoms with Gasteiger partial charge in [0.05, 0.1) is 0 Å². The Bertz CT molecular complexity index is 388. The van der Waals surface area contributed by atoms with Crippen LogP contribution in [0.2, 0.25) is 0 Å². The summed E-state index contributed by atoms with van der Waals surface area (Å²) in [6.07, 6.45) is 4.48. The zero-order chi connectivity index (χ0) is 9.76. The minimum Gasteiger partial charge on any atom is -0.327 e. The highest BCUT2D eigenvalue weighted by Gasteiger charge is 2.54. The SMILES string of the molecule is NC1CC12CCCc1ccc(F)cc12. The summed E-state index contributed by atoms with van der Waals surface area (Å²) in [6, 6.07) is 5.45. The molecule has 1 spiro atoms. The highest BCUT2D eigenvalue weighted by Crippen LogP contribution is 2.54. The van der Waals surface area contributed by atoms with Crippen molar-refractivity contribution in [1.82, 2.24) is 0 Å². The second-order valence-electron chi connectivity index (χ2n) is 4.62. The quantitative estimate of drug-likeness (QED) is 0.668. The lowest BCUT2D eigenvalue weighted by atomic mass is 9.79. The van der Waals surface area contributed by atoms with Crippen LogP contribution < -0.4 is 5.73 Å². The Labute approximate surface area is 83.1 Å². The van der Waals surface area contributed by atoms with E-state index >= 15 is 0 Å². The predicted octanol–water partition coefficient (Wildman–Crippen LogP) is 2.13. The van der Waals surface area contributed by atoms with Crippen molar-refractivity contribution in [1.29, 1.82) is 0 Å². The van der Waals surface area contributed by atoms with E-state index in [0.29, 0.717) is 0 Å². The lowest BCUT2D eigenvalue weighted by molar-refractivity contribution is 0.518. The Morgan fingerprint density at radius 2 is 2.21 bits per heavy atom. The van der Waals surface area contributed by atoms with Crippen LogP contribution in [0.1, 0.15) is 30.4 Å². The molecule has 1 saturated carbocycles. The number of hydrogen-bond acceptors (Lipinski definition) is 1. The van der Waals surface area contributed by atoms with E-state index in [4.69, 9.17) is 5.73 Å². The van der Waals surface area contributed by atoms with Gasteiger partial charge in [0.25, 0.3) is 0 Å². The molecule has 0 aliphatic heterocycles.